The molecule has 1 N–H and O–H groups in total. The van der Waals surface area contributed by atoms with Crippen LogP contribution in [0, 0.1) is 0 Å². The molecule has 2 aliphatic rings. The van der Waals surface area contributed by atoms with Gasteiger partial charge in [-0.1, -0.05) is 6.07 Å². The van der Waals surface area contributed by atoms with Gasteiger partial charge in [0.25, 0.3) is 0 Å². The predicted molar refractivity (Wildman–Crippen MR) is 109 cm³/mol. The van der Waals surface area contributed by atoms with Gasteiger partial charge in [0.2, 0.25) is 5.91 Å². The van der Waals surface area contributed by atoms with Crippen LogP contribution in [0.5, 0.6) is 0 Å². The van der Waals surface area contributed by atoms with E-state index in [1.54, 1.807) is 18.3 Å². The molecule has 0 radical (unpaired) electrons. The zero-order chi connectivity index (χ0) is 18.8. The number of aryl methyl sites for hydroxylation is 1. The summed E-state index contributed by atoms with van der Waals surface area (Å²) < 4.78 is 5.24. The van der Waals surface area contributed by atoms with E-state index in [0.717, 1.165) is 44.2 Å². The topological polar surface area (TPSA) is 58.6 Å². The highest BCUT2D eigenvalue weighted by molar-refractivity contribution is 7.17. The lowest BCUT2D eigenvalue weighted by Crippen LogP contribution is -2.32. The minimum Gasteiger partial charge on any atom is -0.462 e. The number of fused-ring (bicyclic) bond motifs is 1. The number of esters is 1. The van der Waals surface area contributed by atoms with Gasteiger partial charge in [-0.15, -0.1) is 22.7 Å². The van der Waals surface area contributed by atoms with Crippen molar-refractivity contribution >= 4 is 39.6 Å². The molecule has 3 heterocycles. The maximum absolute atomic E-state index is 12.7. The fourth-order valence-corrected chi connectivity index (χ4v) is 6.27. The smallest absolute Gasteiger partial charge is 0.341 e. The fraction of sp³-hybridized carbons (Fsp3) is 0.500. The molecule has 27 heavy (non-hydrogen) atoms. The van der Waals surface area contributed by atoms with Gasteiger partial charge >= 0.3 is 5.97 Å². The standard InChI is InChI=1S/C20H24N2O3S2/c1-2-25-20(24)18-13-6-3-8-15(13)27-19(18)21-17(23)12-22-10-4-7-14(22)16-9-5-11-26-16/h5,9,11,14H,2-4,6-8,10,12H2,1H3,(H,21,23)/t14-/m1/s1. The molecule has 2 aromatic heterocycles. The van der Waals surface area contributed by atoms with Crippen LogP contribution in [0.3, 0.4) is 0 Å². The van der Waals surface area contributed by atoms with Crippen molar-refractivity contribution in [1.82, 2.24) is 4.90 Å². The highest BCUT2D eigenvalue weighted by Gasteiger charge is 2.31. The molecule has 0 bridgehead atoms. The van der Waals surface area contributed by atoms with Gasteiger partial charge < -0.3 is 10.1 Å². The Balaban J connectivity index is 1.48. The fourth-order valence-electron chi connectivity index (χ4n) is 4.08. The average Bonchev–Trinajstić information content (AvgIpc) is 3.39. The average molecular weight is 405 g/mol. The van der Waals surface area contributed by atoms with Gasteiger partial charge in [-0.05, 0) is 62.6 Å². The van der Waals surface area contributed by atoms with Crippen molar-refractivity contribution < 1.29 is 14.3 Å². The van der Waals surface area contributed by atoms with Crippen LogP contribution in [0.1, 0.15) is 57.9 Å². The molecular formula is C20H24N2O3S2. The van der Waals surface area contributed by atoms with Crippen LogP contribution < -0.4 is 5.32 Å². The molecule has 1 fully saturated rings. The van der Waals surface area contributed by atoms with E-state index in [1.165, 1.54) is 21.1 Å². The van der Waals surface area contributed by atoms with Crippen LogP contribution in [-0.2, 0) is 22.4 Å². The molecule has 1 amide bonds. The number of likely N-dealkylation sites (tertiary alicyclic amines) is 1. The van der Waals surface area contributed by atoms with Gasteiger partial charge in [0.15, 0.2) is 0 Å². The Hall–Kier alpha value is -1.70. The maximum Gasteiger partial charge on any atom is 0.341 e. The summed E-state index contributed by atoms with van der Waals surface area (Å²) in [5.41, 5.74) is 1.66. The van der Waals surface area contributed by atoms with E-state index >= 15 is 0 Å². The number of hydrogen-bond donors (Lipinski definition) is 1. The zero-order valence-corrected chi connectivity index (χ0v) is 17.1. The number of ether oxygens (including phenoxy) is 1. The quantitative estimate of drug-likeness (QED) is 0.731. The number of anilines is 1. The number of hydrogen-bond acceptors (Lipinski definition) is 6. The number of nitrogens with zero attached hydrogens (tertiary/aromatic N) is 1. The third kappa shape index (κ3) is 3.81. The van der Waals surface area contributed by atoms with E-state index in [4.69, 9.17) is 4.74 Å². The Kier molecular flexibility index (Phi) is 5.61. The minimum atomic E-state index is -0.315. The lowest BCUT2D eigenvalue weighted by atomic mass is 10.1. The summed E-state index contributed by atoms with van der Waals surface area (Å²) in [6.45, 7) is 3.43. The Morgan fingerprint density at radius 3 is 3.00 bits per heavy atom. The Labute approximate surface area is 167 Å². The third-order valence-corrected chi connectivity index (χ3v) is 7.42. The van der Waals surface area contributed by atoms with Crippen molar-refractivity contribution in [1.29, 1.82) is 0 Å². The SMILES string of the molecule is CCOC(=O)c1c(NC(=O)CN2CCC[C@@H]2c2cccs2)sc2c1CCC2. The number of carbonyl (C=O) groups is 2. The van der Waals surface area contributed by atoms with E-state index in [1.807, 2.05) is 0 Å². The predicted octanol–water partition coefficient (Wildman–Crippen LogP) is 4.25. The monoisotopic (exact) mass is 404 g/mol. The van der Waals surface area contributed by atoms with Crippen LogP contribution in [0.15, 0.2) is 17.5 Å². The molecule has 1 aliphatic carbocycles. The lowest BCUT2D eigenvalue weighted by molar-refractivity contribution is -0.117. The highest BCUT2D eigenvalue weighted by atomic mass is 32.1. The molecule has 1 saturated heterocycles. The molecule has 4 rings (SSSR count). The van der Waals surface area contributed by atoms with Gasteiger partial charge in [-0.25, -0.2) is 4.79 Å². The molecule has 1 aliphatic heterocycles. The zero-order valence-electron chi connectivity index (χ0n) is 15.5. The van der Waals surface area contributed by atoms with Gasteiger partial charge in [0.05, 0.1) is 18.7 Å². The first-order chi connectivity index (χ1) is 13.2. The first-order valence-corrected chi connectivity index (χ1v) is 11.3. The lowest BCUT2D eigenvalue weighted by Gasteiger charge is -2.22. The van der Waals surface area contributed by atoms with E-state index in [9.17, 15) is 9.59 Å². The van der Waals surface area contributed by atoms with Crippen LogP contribution in [0.25, 0.3) is 0 Å². The summed E-state index contributed by atoms with van der Waals surface area (Å²) in [4.78, 5) is 30.0. The number of amides is 1. The number of nitrogens with one attached hydrogen (secondary N) is 1. The van der Waals surface area contributed by atoms with Gasteiger partial charge in [0.1, 0.15) is 5.00 Å². The maximum atomic E-state index is 12.7. The Morgan fingerprint density at radius 1 is 1.33 bits per heavy atom. The number of thiophene rings is 2. The molecule has 7 heteroatoms. The second-order valence-electron chi connectivity index (χ2n) is 6.97. The highest BCUT2D eigenvalue weighted by Crippen LogP contribution is 2.40. The van der Waals surface area contributed by atoms with E-state index in [-0.39, 0.29) is 11.9 Å². The molecule has 0 unspecified atom stereocenters. The molecule has 0 aromatic carbocycles. The summed E-state index contributed by atoms with van der Waals surface area (Å²) in [6, 6.07) is 4.54. The van der Waals surface area contributed by atoms with Crippen LogP contribution >= 0.6 is 22.7 Å². The van der Waals surface area contributed by atoms with Crippen LogP contribution in [0.4, 0.5) is 5.00 Å². The summed E-state index contributed by atoms with van der Waals surface area (Å²) in [5, 5.41) is 5.76. The molecule has 0 spiro atoms. The third-order valence-electron chi connectivity index (χ3n) is 5.24. The van der Waals surface area contributed by atoms with Crippen molar-refractivity contribution in [3.8, 4) is 0 Å². The molecular weight excluding hydrogens is 380 g/mol. The van der Waals surface area contributed by atoms with Crippen LogP contribution in [-0.4, -0.2) is 36.5 Å². The van der Waals surface area contributed by atoms with Crippen molar-refractivity contribution in [2.75, 3.05) is 25.0 Å². The van der Waals surface area contributed by atoms with Gasteiger partial charge in [-0.3, -0.25) is 9.69 Å². The van der Waals surface area contributed by atoms with Crippen molar-refractivity contribution in [3.63, 3.8) is 0 Å². The molecule has 0 saturated carbocycles. The van der Waals surface area contributed by atoms with Crippen LogP contribution in [0.2, 0.25) is 0 Å². The Bertz CT molecular complexity index is 829. The van der Waals surface area contributed by atoms with Gasteiger partial charge in [-0.2, -0.15) is 0 Å². The number of rotatable bonds is 6. The summed E-state index contributed by atoms with van der Waals surface area (Å²) in [5.74, 6) is -0.367. The molecule has 2 aromatic rings. The summed E-state index contributed by atoms with van der Waals surface area (Å²) >= 11 is 3.29. The van der Waals surface area contributed by atoms with Crippen molar-refractivity contribution in [3.05, 3.63) is 38.4 Å². The first kappa shape index (κ1) is 18.7. The van der Waals surface area contributed by atoms with E-state index < -0.39 is 0 Å². The molecule has 144 valence electrons. The van der Waals surface area contributed by atoms with E-state index in [2.05, 4.69) is 27.7 Å². The largest absolute Gasteiger partial charge is 0.462 e. The normalized spacial score (nSPS) is 19.2. The molecule has 1 atom stereocenters. The van der Waals surface area contributed by atoms with Gasteiger partial charge in [0, 0.05) is 15.8 Å². The van der Waals surface area contributed by atoms with Crippen molar-refractivity contribution in [2.24, 2.45) is 0 Å². The minimum absolute atomic E-state index is 0.0519. The number of carbonyl (C=O) groups excluding carboxylic acids is 2. The summed E-state index contributed by atoms with van der Waals surface area (Å²) in [6.07, 6.45) is 5.14. The van der Waals surface area contributed by atoms with E-state index in [0.29, 0.717) is 29.8 Å². The Morgan fingerprint density at radius 2 is 2.22 bits per heavy atom. The first-order valence-electron chi connectivity index (χ1n) is 9.56. The second-order valence-corrected chi connectivity index (χ2v) is 9.06. The van der Waals surface area contributed by atoms with Crippen molar-refractivity contribution in [2.45, 2.75) is 45.1 Å². The summed E-state index contributed by atoms with van der Waals surface area (Å²) in [7, 11) is 0. The second kappa shape index (κ2) is 8.12. The molecule has 5 nitrogen and oxygen atoms in total.